The van der Waals surface area contributed by atoms with Gasteiger partial charge in [-0.3, -0.25) is 14.5 Å². The number of nitrogens with one attached hydrogen (secondary N) is 1. The monoisotopic (exact) mass is 411 g/mol. The lowest BCUT2D eigenvalue weighted by molar-refractivity contribution is -0.133. The van der Waals surface area contributed by atoms with E-state index in [4.69, 9.17) is 0 Å². The van der Waals surface area contributed by atoms with Crippen molar-refractivity contribution < 1.29 is 9.59 Å². The Bertz CT molecular complexity index is 811. The van der Waals surface area contributed by atoms with Crippen LogP contribution in [0.1, 0.15) is 18.4 Å². The van der Waals surface area contributed by atoms with Gasteiger partial charge in [0.25, 0.3) is 0 Å². The van der Waals surface area contributed by atoms with Crippen LogP contribution in [0.15, 0.2) is 59.5 Å². The highest BCUT2D eigenvalue weighted by Crippen LogP contribution is 2.19. The Labute approximate surface area is 177 Å². The number of carbonyl (C=O) groups is 2. The number of piperidine rings is 1. The van der Waals surface area contributed by atoms with Crippen molar-refractivity contribution in [2.24, 2.45) is 5.92 Å². The highest BCUT2D eigenvalue weighted by molar-refractivity contribution is 7.98. The molecule has 1 heterocycles. The molecule has 0 aromatic heterocycles. The van der Waals surface area contributed by atoms with Gasteiger partial charge in [0.1, 0.15) is 0 Å². The van der Waals surface area contributed by atoms with E-state index < -0.39 is 0 Å². The molecule has 2 amide bonds. The van der Waals surface area contributed by atoms with Crippen LogP contribution < -0.4 is 5.32 Å². The molecule has 1 fully saturated rings. The fourth-order valence-corrected chi connectivity index (χ4v) is 3.99. The molecule has 3 rings (SSSR count). The molecule has 2 aromatic rings. The Balaban J connectivity index is 1.49. The van der Waals surface area contributed by atoms with Gasteiger partial charge in [0.2, 0.25) is 11.8 Å². The summed E-state index contributed by atoms with van der Waals surface area (Å²) >= 11 is 1.71. The largest absolute Gasteiger partial charge is 0.340 e. The molecule has 1 atom stereocenters. The number of anilines is 1. The standard InChI is InChI=1S/C23H29N3O2S/c1-25(15-18-10-12-21(29-2)13-11-18)22(27)17-26-14-6-7-19(16-26)23(28)24-20-8-4-3-5-9-20/h3-5,8-13,19H,6-7,14-17H2,1-2H3,(H,24,28)/t19-/m0/s1. The van der Waals surface area contributed by atoms with Crippen molar-refractivity contribution in [3.63, 3.8) is 0 Å². The Kier molecular flexibility index (Phi) is 7.72. The van der Waals surface area contributed by atoms with Gasteiger partial charge >= 0.3 is 0 Å². The lowest BCUT2D eigenvalue weighted by Gasteiger charge is -2.32. The van der Waals surface area contributed by atoms with Gasteiger partial charge in [-0.1, -0.05) is 30.3 Å². The number of carbonyl (C=O) groups excluding carboxylic acids is 2. The summed E-state index contributed by atoms with van der Waals surface area (Å²) in [6.07, 6.45) is 3.84. The molecule has 0 saturated carbocycles. The molecule has 5 nitrogen and oxygen atoms in total. The van der Waals surface area contributed by atoms with E-state index >= 15 is 0 Å². The second-order valence-corrected chi connectivity index (χ2v) is 8.41. The van der Waals surface area contributed by atoms with Gasteiger partial charge in [-0.2, -0.15) is 0 Å². The Morgan fingerprint density at radius 2 is 1.86 bits per heavy atom. The van der Waals surface area contributed by atoms with Gasteiger partial charge in [-0.25, -0.2) is 0 Å². The molecule has 0 radical (unpaired) electrons. The van der Waals surface area contributed by atoms with Crippen molar-refractivity contribution in [1.29, 1.82) is 0 Å². The van der Waals surface area contributed by atoms with E-state index in [1.54, 1.807) is 16.7 Å². The fourth-order valence-electron chi connectivity index (χ4n) is 3.58. The van der Waals surface area contributed by atoms with E-state index in [1.165, 1.54) is 4.90 Å². The summed E-state index contributed by atoms with van der Waals surface area (Å²) in [5, 5.41) is 2.99. The zero-order chi connectivity index (χ0) is 20.6. The van der Waals surface area contributed by atoms with Gasteiger partial charge in [-0.15, -0.1) is 11.8 Å². The van der Waals surface area contributed by atoms with E-state index in [-0.39, 0.29) is 17.7 Å². The smallest absolute Gasteiger partial charge is 0.236 e. The minimum Gasteiger partial charge on any atom is -0.340 e. The first kappa shape index (κ1) is 21.4. The lowest BCUT2D eigenvalue weighted by Crippen LogP contribution is -2.45. The summed E-state index contributed by atoms with van der Waals surface area (Å²) in [6, 6.07) is 17.8. The Morgan fingerprint density at radius 1 is 1.14 bits per heavy atom. The summed E-state index contributed by atoms with van der Waals surface area (Å²) in [4.78, 5) is 30.4. The van der Waals surface area contributed by atoms with Crippen LogP contribution in [0.4, 0.5) is 5.69 Å². The normalized spacial score (nSPS) is 17.0. The van der Waals surface area contributed by atoms with Gasteiger partial charge in [0.15, 0.2) is 0 Å². The Morgan fingerprint density at radius 3 is 2.55 bits per heavy atom. The maximum atomic E-state index is 12.7. The summed E-state index contributed by atoms with van der Waals surface area (Å²) in [5.74, 6) is 0.0415. The predicted octanol–water partition coefficient (Wildman–Crippen LogP) is 3.72. The summed E-state index contributed by atoms with van der Waals surface area (Å²) in [5.41, 5.74) is 1.94. The first-order chi connectivity index (χ1) is 14.0. The number of hydrogen-bond donors (Lipinski definition) is 1. The van der Waals surface area contributed by atoms with Crippen molar-refractivity contribution in [3.05, 3.63) is 60.2 Å². The number of hydrogen-bond acceptors (Lipinski definition) is 4. The third-order valence-corrected chi connectivity index (χ3v) is 6.02. The predicted molar refractivity (Wildman–Crippen MR) is 119 cm³/mol. The number of likely N-dealkylation sites (N-methyl/N-ethyl adjacent to an activating group) is 1. The third kappa shape index (κ3) is 6.34. The number of benzene rings is 2. The quantitative estimate of drug-likeness (QED) is 0.706. The summed E-state index contributed by atoms with van der Waals surface area (Å²) < 4.78 is 0. The molecule has 0 unspecified atom stereocenters. The van der Waals surface area contributed by atoms with E-state index in [0.717, 1.165) is 30.6 Å². The minimum atomic E-state index is -0.0823. The molecule has 6 heteroatoms. The summed E-state index contributed by atoms with van der Waals surface area (Å²) in [7, 11) is 1.84. The molecule has 1 aliphatic rings. The Hall–Kier alpha value is -2.31. The number of thioether (sulfide) groups is 1. The topological polar surface area (TPSA) is 52.7 Å². The molecule has 1 N–H and O–H groups in total. The molecular weight excluding hydrogens is 382 g/mol. The van der Waals surface area contributed by atoms with E-state index in [1.807, 2.05) is 37.4 Å². The minimum absolute atomic E-state index is 0.0376. The molecule has 1 saturated heterocycles. The SMILES string of the molecule is CSc1ccc(CN(C)C(=O)CN2CCC[C@H](C(=O)Nc3ccccc3)C2)cc1. The van der Waals surface area contributed by atoms with Gasteiger partial charge in [0, 0.05) is 30.7 Å². The summed E-state index contributed by atoms with van der Waals surface area (Å²) in [6.45, 7) is 2.44. The maximum Gasteiger partial charge on any atom is 0.236 e. The average Bonchev–Trinajstić information content (AvgIpc) is 2.75. The molecule has 0 aliphatic carbocycles. The zero-order valence-corrected chi connectivity index (χ0v) is 18.0. The number of rotatable bonds is 7. The molecule has 0 spiro atoms. The second-order valence-electron chi connectivity index (χ2n) is 7.53. The van der Waals surface area contributed by atoms with Gasteiger partial charge < -0.3 is 10.2 Å². The number of likely N-dealkylation sites (tertiary alicyclic amines) is 1. The third-order valence-electron chi connectivity index (χ3n) is 5.28. The van der Waals surface area contributed by atoms with Crippen molar-refractivity contribution in [2.45, 2.75) is 24.3 Å². The van der Waals surface area contributed by atoms with Crippen LogP contribution in [0.2, 0.25) is 0 Å². The van der Waals surface area contributed by atoms with Crippen LogP contribution in [-0.2, 0) is 16.1 Å². The first-order valence-electron chi connectivity index (χ1n) is 10.0. The molecule has 2 aromatic carbocycles. The second kappa shape index (κ2) is 10.5. The molecule has 1 aliphatic heterocycles. The number of amides is 2. The van der Waals surface area contributed by atoms with Crippen molar-refractivity contribution >= 4 is 29.3 Å². The van der Waals surface area contributed by atoms with Gasteiger partial charge in [-0.05, 0) is 55.5 Å². The molecule has 29 heavy (non-hydrogen) atoms. The maximum absolute atomic E-state index is 12.7. The zero-order valence-electron chi connectivity index (χ0n) is 17.1. The van der Waals surface area contributed by atoms with E-state index in [2.05, 4.69) is 40.7 Å². The average molecular weight is 412 g/mol. The van der Waals surface area contributed by atoms with Crippen LogP contribution in [0.5, 0.6) is 0 Å². The molecular formula is C23H29N3O2S. The molecule has 154 valence electrons. The van der Waals surface area contributed by atoms with Crippen LogP contribution in [0, 0.1) is 5.92 Å². The van der Waals surface area contributed by atoms with Crippen molar-refractivity contribution in [2.75, 3.05) is 38.3 Å². The van der Waals surface area contributed by atoms with Gasteiger partial charge in [0.05, 0.1) is 12.5 Å². The highest BCUT2D eigenvalue weighted by atomic mass is 32.2. The van der Waals surface area contributed by atoms with E-state index in [9.17, 15) is 9.59 Å². The first-order valence-corrected chi connectivity index (χ1v) is 11.2. The van der Waals surface area contributed by atoms with Crippen molar-refractivity contribution in [1.82, 2.24) is 9.80 Å². The van der Waals surface area contributed by atoms with Crippen LogP contribution in [-0.4, -0.2) is 54.6 Å². The fraction of sp³-hybridized carbons (Fsp3) is 0.391. The van der Waals surface area contributed by atoms with Crippen LogP contribution >= 0.6 is 11.8 Å². The van der Waals surface area contributed by atoms with Crippen LogP contribution in [0.3, 0.4) is 0 Å². The van der Waals surface area contributed by atoms with Crippen molar-refractivity contribution in [3.8, 4) is 0 Å². The lowest BCUT2D eigenvalue weighted by atomic mass is 9.97. The molecule has 0 bridgehead atoms. The highest BCUT2D eigenvalue weighted by Gasteiger charge is 2.27. The van der Waals surface area contributed by atoms with E-state index in [0.29, 0.717) is 19.6 Å². The number of para-hydroxylation sites is 1. The van der Waals surface area contributed by atoms with Crippen LogP contribution in [0.25, 0.3) is 0 Å². The number of nitrogens with zero attached hydrogens (tertiary/aromatic N) is 2.